The first kappa shape index (κ1) is 15.5. The molecule has 0 radical (unpaired) electrons. The van der Waals surface area contributed by atoms with Crippen LogP contribution in [-0.2, 0) is 11.2 Å². The van der Waals surface area contributed by atoms with Crippen molar-refractivity contribution in [1.82, 2.24) is 0 Å². The van der Waals surface area contributed by atoms with Crippen molar-refractivity contribution < 1.29 is 14.6 Å². The summed E-state index contributed by atoms with van der Waals surface area (Å²) in [6, 6.07) is 9.91. The molecule has 0 saturated heterocycles. The second kappa shape index (κ2) is 9.42. The van der Waals surface area contributed by atoms with E-state index >= 15 is 0 Å². The van der Waals surface area contributed by atoms with E-state index in [1.165, 1.54) is 19.3 Å². The Morgan fingerprint density at radius 2 is 1.84 bits per heavy atom. The van der Waals surface area contributed by atoms with Gasteiger partial charge in [0.2, 0.25) is 0 Å². The fourth-order valence-corrected chi connectivity index (χ4v) is 2.20. The molecule has 0 aliphatic rings. The zero-order valence-corrected chi connectivity index (χ0v) is 11.7. The number of carbonyl (C=O) groups is 1. The van der Waals surface area contributed by atoms with Gasteiger partial charge in [0, 0.05) is 6.42 Å². The van der Waals surface area contributed by atoms with E-state index in [2.05, 4.69) is 6.92 Å². The highest BCUT2D eigenvalue weighted by Gasteiger charge is 2.14. The van der Waals surface area contributed by atoms with Crippen LogP contribution in [0, 0.1) is 0 Å². The highest BCUT2D eigenvalue weighted by Crippen LogP contribution is 2.14. The van der Waals surface area contributed by atoms with Crippen LogP contribution < -0.4 is 0 Å². The molecule has 0 amide bonds. The van der Waals surface area contributed by atoms with E-state index in [4.69, 9.17) is 9.84 Å². The van der Waals surface area contributed by atoms with Crippen LogP contribution in [0.1, 0.15) is 51.0 Å². The lowest BCUT2D eigenvalue weighted by Gasteiger charge is -2.16. The Labute approximate surface area is 115 Å². The Balaban J connectivity index is 2.36. The summed E-state index contributed by atoms with van der Waals surface area (Å²) in [4.78, 5) is 10.7. The lowest BCUT2D eigenvalue weighted by Crippen LogP contribution is -2.19. The molecule has 1 rings (SSSR count). The van der Waals surface area contributed by atoms with Gasteiger partial charge in [-0.2, -0.15) is 0 Å². The third-order valence-electron chi connectivity index (χ3n) is 3.20. The summed E-state index contributed by atoms with van der Waals surface area (Å²) in [5.74, 6) is 0. The second-order valence-corrected chi connectivity index (χ2v) is 4.90. The van der Waals surface area contributed by atoms with Crippen LogP contribution in [0.5, 0.6) is 0 Å². The molecular weight excluding hydrogens is 240 g/mol. The second-order valence-electron chi connectivity index (χ2n) is 4.90. The van der Waals surface area contributed by atoms with E-state index in [1.54, 1.807) is 0 Å². The summed E-state index contributed by atoms with van der Waals surface area (Å²) in [6.45, 7) is 2.19. The zero-order valence-electron chi connectivity index (χ0n) is 11.7. The maximum Gasteiger partial charge on any atom is 0.506 e. The number of carboxylic acid groups (broad SMARTS) is 1. The van der Waals surface area contributed by atoms with Gasteiger partial charge in [-0.05, 0) is 18.4 Å². The van der Waals surface area contributed by atoms with Crippen LogP contribution in [0.2, 0.25) is 0 Å². The SMILES string of the molecule is CCCCCCCC(Cc1ccccc1)OC(=O)O. The Morgan fingerprint density at radius 3 is 2.47 bits per heavy atom. The van der Waals surface area contributed by atoms with Gasteiger partial charge in [0.05, 0.1) is 0 Å². The molecule has 0 fully saturated rings. The summed E-state index contributed by atoms with van der Waals surface area (Å²) in [5, 5.41) is 8.78. The summed E-state index contributed by atoms with van der Waals surface area (Å²) in [6.07, 6.45) is 5.97. The third kappa shape index (κ3) is 7.50. The number of unbranched alkanes of at least 4 members (excludes halogenated alkanes) is 4. The highest BCUT2D eigenvalue weighted by atomic mass is 16.7. The molecule has 0 heterocycles. The fraction of sp³-hybridized carbons (Fsp3) is 0.562. The van der Waals surface area contributed by atoms with Crippen LogP contribution in [0.25, 0.3) is 0 Å². The molecule has 0 spiro atoms. The summed E-state index contributed by atoms with van der Waals surface area (Å²) in [7, 11) is 0. The van der Waals surface area contributed by atoms with Crippen molar-refractivity contribution in [2.45, 2.75) is 58.0 Å². The quantitative estimate of drug-likeness (QED) is 0.521. The lowest BCUT2D eigenvalue weighted by molar-refractivity contribution is 0.0472. The molecule has 19 heavy (non-hydrogen) atoms. The molecule has 0 saturated carbocycles. The first-order chi connectivity index (χ1) is 9.22. The average Bonchev–Trinajstić information content (AvgIpc) is 2.39. The van der Waals surface area contributed by atoms with E-state index in [9.17, 15) is 4.79 Å². The van der Waals surface area contributed by atoms with Crippen molar-refractivity contribution >= 4 is 6.16 Å². The van der Waals surface area contributed by atoms with E-state index in [1.807, 2.05) is 30.3 Å². The molecule has 0 aliphatic carbocycles. The predicted octanol–water partition coefficient (Wildman–Crippen LogP) is 4.65. The topological polar surface area (TPSA) is 46.5 Å². The number of hydrogen-bond donors (Lipinski definition) is 1. The van der Waals surface area contributed by atoms with Crippen molar-refractivity contribution in [1.29, 1.82) is 0 Å². The highest BCUT2D eigenvalue weighted by molar-refractivity contribution is 5.57. The number of benzene rings is 1. The normalized spacial score (nSPS) is 12.1. The Bertz CT molecular complexity index is 348. The first-order valence-electron chi connectivity index (χ1n) is 7.16. The summed E-state index contributed by atoms with van der Waals surface area (Å²) < 4.78 is 4.98. The van der Waals surface area contributed by atoms with Crippen LogP contribution in [0.15, 0.2) is 30.3 Å². The third-order valence-corrected chi connectivity index (χ3v) is 3.20. The first-order valence-corrected chi connectivity index (χ1v) is 7.16. The maximum atomic E-state index is 10.7. The minimum atomic E-state index is -1.17. The van der Waals surface area contributed by atoms with Crippen molar-refractivity contribution in [3.63, 3.8) is 0 Å². The lowest BCUT2D eigenvalue weighted by atomic mass is 10.0. The molecule has 1 N–H and O–H groups in total. The molecule has 3 nitrogen and oxygen atoms in total. The molecule has 1 unspecified atom stereocenters. The van der Waals surface area contributed by atoms with Gasteiger partial charge >= 0.3 is 6.16 Å². The van der Waals surface area contributed by atoms with Crippen molar-refractivity contribution in [2.24, 2.45) is 0 Å². The van der Waals surface area contributed by atoms with Crippen molar-refractivity contribution in [2.75, 3.05) is 0 Å². The Morgan fingerprint density at radius 1 is 1.16 bits per heavy atom. The van der Waals surface area contributed by atoms with E-state index in [0.29, 0.717) is 6.42 Å². The van der Waals surface area contributed by atoms with Crippen LogP contribution in [0.4, 0.5) is 4.79 Å². The largest absolute Gasteiger partial charge is 0.506 e. The average molecular weight is 264 g/mol. The van der Waals surface area contributed by atoms with Gasteiger partial charge in [-0.25, -0.2) is 4.79 Å². The van der Waals surface area contributed by atoms with Gasteiger partial charge in [-0.15, -0.1) is 0 Å². The molecule has 1 atom stereocenters. The van der Waals surface area contributed by atoms with Gasteiger partial charge in [-0.1, -0.05) is 62.9 Å². The minimum absolute atomic E-state index is 0.221. The molecule has 0 aliphatic heterocycles. The molecular formula is C16H24O3. The minimum Gasteiger partial charge on any atom is -0.450 e. The van der Waals surface area contributed by atoms with E-state index in [0.717, 1.165) is 24.8 Å². The van der Waals surface area contributed by atoms with Crippen LogP contribution >= 0.6 is 0 Å². The standard InChI is InChI=1S/C16H24O3/c1-2-3-4-5-9-12-15(19-16(17)18)13-14-10-7-6-8-11-14/h6-8,10-11,15H,2-5,9,12-13H2,1H3,(H,17,18). The zero-order chi connectivity index (χ0) is 13.9. The Kier molecular flexibility index (Phi) is 7.71. The summed E-state index contributed by atoms with van der Waals surface area (Å²) >= 11 is 0. The van der Waals surface area contributed by atoms with E-state index in [-0.39, 0.29) is 6.10 Å². The molecule has 106 valence electrons. The van der Waals surface area contributed by atoms with Crippen LogP contribution in [-0.4, -0.2) is 17.4 Å². The van der Waals surface area contributed by atoms with Gasteiger partial charge in [-0.3, -0.25) is 0 Å². The van der Waals surface area contributed by atoms with Gasteiger partial charge in [0.1, 0.15) is 6.10 Å². The van der Waals surface area contributed by atoms with E-state index < -0.39 is 6.16 Å². The fourth-order valence-electron chi connectivity index (χ4n) is 2.20. The van der Waals surface area contributed by atoms with Gasteiger partial charge in [0.15, 0.2) is 0 Å². The molecule has 1 aromatic carbocycles. The van der Waals surface area contributed by atoms with Gasteiger partial charge in [0.25, 0.3) is 0 Å². The Hall–Kier alpha value is -1.51. The van der Waals surface area contributed by atoms with Crippen molar-refractivity contribution in [3.8, 4) is 0 Å². The number of ether oxygens (including phenoxy) is 1. The van der Waals surface area contributed by atoms with Crippen molar-refractivity contribution in [3.05, 3.63) is 35.9 Å². The maximum absolute atomic E-state index is 10.7. The molecule has 1 aromatic rings. The smallest absolute Gasteiger partial charge is 0.450 e. The van der Waals surface area contributed by atoms with Crippen LogP contribution in [0.3, 0.4) is 0 Å². The summed E-state index contributed by atoms with van der Waals surface area (Å²) in [5.41, 5.74) is 1.13. The monoisotopic (exact) mass is 264 g/mol. The molecule has 0 bridgehead atoms. The predicted molar refractivity (Wildman–Crippen MR) is 76.4 cm³/mol. The van der Waals surface area contributed by atoms with Gasteiger partial charge < -0.3 is 9.84 Å². The number of rotatable bonds is 9. The number of hydrogen-bond acceptors (Lipinski definition) is 2. The molecule has 3 heteroatoms. The molecule has 0 aromatic heterocycles.